The highest BCUT2D eigenvalue weighted by Crippen LogP contribution is 2.19. The second-order valence-electron chi connectivity index (χ2n) is 4.88. The molecule has 1 N–H and O–H groups in total. The molecule has 0 unspecified atom stereocenters. The average molecular weight is 269 g/mol. The maximum atomic E-state index is 11.8. The molecule has 2 aromatic carbocycles. The third-order valence-corrected chi connectivity index (χ3v) is 3.15. The van der Waals surface area contributed by atoms with E-state index in [0.717, 1.165) is 11.3 Å². The van der Waals surface area contributed by atoms with Gasteiger partial charge in [0.2, 0.25) is 0 Å². The van der Waals surface area contributed by atoms with Crippen molar-refractivity contribution >= 4 is 11.7 Å². The van der Waals surface area contributed by atoms with Crippen molar-refractivity contribution in [2.75, 3.05) is 12.4 Å². The summed E-state index contributed by atoms with van der Waals surface area (Å²) in [6, 6.07) is 14.0. The Morgan fingerprint density at radius 3 is 2.55 bits per heavy atom. The van der Waals surface area contributed by atoms with Gasteiger partial charge in [-0.2, -0.15) is 0 Å². The largest absolute Gasteiger partial charge is 0.465 e. The van der Waals surface area contributed by atoms with Gasteiger partial charge in [-0.3, -0.25) is 0 Å². The number of hydrogen-bond acceptors (Lipinski definition) is 3. The Balaban J connectivity index is 2.19. The second kappa shape index (κ2) is 6.24. The first-order valence-corrected chi connectivity index (χ1v) is 6.58. The summed E-state index contributed by atoms with van der Waals surface area (Å²) in [5, 5.41) is 3.30. The second-order valence-corrected chi connectivity index (χ2v) is 4.88. The molecule has 0 aromatic heterocycles. The van der Waals surface area contributed by atoms with Crippen LogP contribution in [0.5, 0.6) is 0 Å². The van der Waals surface area contributed by atoms with Gasteiger partial charge in [-0.05, 0) is 31.5 Å². The number of methoxy groups -OCH3 is 1. The molecule has 0 heterocycles. The maximum absolute atomic E-state index is 11.8. The summed E-state index contributed by atoms with van der Waals surface area (Å²) >= 11 is 0. The highest BCUT2D eigenvalue weighted by molar-refractivity contribution is 5.95. The lowest BCUT2D eigenvalue weighted by Gasteiger charge is -2.12. The van der Waals surface area contributed by atoms with E-state index in [2.05, 4.69) is 30.4 Å². The fourth-order valence-corrected chi connectivity index (χ4v) is 2.11. The van der Waals surface area contributed by atoms with E-state index in [1.165, 1.54) is 18.2 Å². The summed E-state index contributed by atoms with van der Waals surface area (Å²) in [6.45, 7) is 4.70. The Morgan fingerprint density at radius 2 is 1.85 bits per heavy atom. The van der Waals surface area contributed by atoms with Crippen LogP contribution >= 0.6 is 0 Å². The van der Waals surface area contributed by atoms with E-state index in [1.807, 2.05) is 31.2 Å². The summed E-state index contributed by atoms with van der Waals surface area (Å²) < 4.78 is 4.82. The molecule has 2 aromatic rings. The molecule has 0 bridgehead atoms. The number of carbonyl (C=O) groups excluding carboxylic acids is 1. The number of anilines is 1. The molecule has 2 rings (SSSR count). The van der Waals surface area contributed by atoms with Gasteiger partial charge in [0.15, 0.2) is 0 Å². The number of hydrogen-bond donors (Lipinski definition) is 1. The van der Waals surface area contributed by atoms with Gasteiger partial charge in [0.1, 0.15) is 0 Å². The summed E-state index contributed by atoms with van der Waals surface area (Å²) in [5.41, 5.74) is 4.80. The van der Waals surface area contributed by atoms with E-state index >= 15 is 0 Å². The number of esters is 1. The predicted octanol–water partition coefficient (Wildman–Crippen LogP) is 3.70. The molecule has 20 heavy (non-hydrogen) atoms. The van der Waals surface area contributed by atoms with Gasteiger partial charge in [-0.25, -0.2) is 4.79 Å². The van der Waals surface area contributed by atoms with Crippen LogP contribution in [-0.4, -0.2) is 13.1 Å². The Kier molecular flexibility index (Phi) is 4.41. The van der Waals surface area contributed by atoms with Crippen LogP contribution in [-0.2, 0) is 11.3 Å². The van der Waals surface area contributed by atoms with Crippen molar-refractivity contribution in [3.05, 3.63) is 64.7 Å². The van der Waals surface area contributed by atoms with E-state index in [1.54, 1.807) is 0 Å². The predicted molar refractivity (Wildman–Crippen MR) is 81.0 cm³/mol. The van der Waals surface area contributed by atoms with Gasteiger partial charge in [0.05, 0.1) is 12.7 Å². The smallest absolute Gasteiger partial charge is 0.339 e. The average Bonchev–Trinajstić information content (AvgIpc) is 2.45. The van der Waals surface area contributed by atoms with Gasteiger partial charge < -0.3 is 10.1 Å². The number of ether oxygens (including phenoxy) is 1. The minimum Gasteiger partial charge on any atom is -0.465 e. The van der Waals surface area contributed by atoms with Crippen LogP contribution in [0.2, 0.25) is 0 Å². The number of aryl methyl sites for hydroxylation is 2. The van der Waals surface area contributed by atoms with Gasteiger partial charge in [-0.15, -0.1) is 0 Å². The molecule has 0 saturated heterocycles. The van der Waals surface area contributed by atoms with Crippen LogP contribution in [0.4, 0.5) is 5.69 Å². The van der Waals surface area contributed by atoms with E-state index in [4.69, 9.17) is 4.74 Å². The van der Waals surface area contributed by atoms with E-state index in [9.17, 15) is 4.79 Å². The van der Waals surface area contributed by atoms with Crippen molar-refractivity contribution in [2.24, 2.45) is 0 Å². The third-order valence-electron chi connectivity index (χ3n) is 3.15. The van der Waals surface area contributed by atoms with Crippen molar-refractivity contribution in [1.29, 1.82) is 0 Å². The fraction of sp³-hybridized carbons (Fsp3) is 0.235. The first kappa shape index (κ1) is 14.1. The summed E-state index contributed by atoms with van der Waals surface area (Å²) in [6.07, 6.45) is 0. The van der Waals surface area contributed by atoms with Crippen molar-refractivity contribution in [1.82, 2.24) is 0 Å². The zero-order chi connectivity index (χ0) is 14.5. The fourth-order valence-electron chi connectivity index (χ4n) is 2.11. The maximum Gasteiger partial charge on any atom is 0.339 e. The molecule has 0 amide bonds. The number of carbonyl (C=O) groups is 1. The minimum atomic E-state index is -0.319. The van der Waals surface area contributed by atoms with Crippen molar-refractivity contribution in [2.45, 2.75) is 20.4 Å². The summed E-state index contributed by atoms with van der Waals surface area (Å²) in [4.78, 5) is 11.8. The van der Waals surface area contributed by atoms with Crippen LogP contribution in [0.15, 0.2) is 42.5 Å². The van der Waals surface area contributed by atoms with Crippen molar-refractivity contribution in [3.8, 4) is 0 Å². The zero-order valence-corrected chi connectivity index (χ0v) is 12.1. The minimum absolute atomic E-state index is 0.319. The zero-order valence-electron chi connectivity index (χ0n) is 12.1. The third kappa shape index (κ3) is 3.38. The van der Waals surface area contributed by atoms with E-state index in [-0.39, 0.29) is 5.97 Å². The van der Waals surface area contributed by atoms with E-state index in [0.29, 0.717) is 12.1 Å². The van der Waals surface area contributed by atoms with Gasteiger partial charge >= 0.3 is 5.97 Å². The highest BCUT2D eigenvalue weighted by atomic mass is 16.5. The van der Waals surface area contributed by atoms with Crippen LogP contribution in [0.25, 0.3) is 0 Å². The molecule has 0 atom stereocenters. The molecule has 0 spiro atoms. The standard InChI is InChI=1S/C17H19NO2/c1-12-5-4-6-14(9-12)11-18-16-8-7-13(2)10-15(16)17(19)20-3/h4-10,18H,11H2,1-3H3. The van der Waals surface area contributed by atoms with Crippen LogP contribution in [0.1, 0.15) is 27.0 Å². The van der Waals surface area contributed by atoms with E-state index < -0.39 is 0 Å². The molecule has 3 heteroatoms. The van der Waals surface area contributed by atoms with Gasteiger partial charge in [0.25, 0.3) is 0 Å². The highest BCUT2D eigenvalue weighted by Gasteiger charge is 2.11. The molecule has 0 fully saturated rings. The lowest BCUT2D eigenvalue weighted by molar-refractivity contribution is 0.0601. The van der Waals surface area contributed by atoms with Gasteiger partial charge in [0, 0.05) is 12.2 Å². The molecule has 0 radical (unpaired) electrons. The molecule has 104 valence electrons. The number of nitrogens with one attached hydrogen (secondary N) is 1. The number of rotatable bonds is 4. The molecule has 0 aliphatic heterocycles. The molecule has 0 saturated carbocycles. The lowest BCUT2D eigenvalue weighted by Crippen LogP contribution is -2.08. The normalized spacial score (nSPS) is 10.2. The summed E-state index contributed by atoms with van der Waals surface area (Å²) in [5.74, 6) is -0.319. The summed E-state index contributed by atoms with van der Waals surface area (Å²) in [7, 11) is 1.40. The molecular weight excluding hydrogens is 250 g/mol. The monoisotopic (exact) mass is 269 g/mol. The topological polar surface area (TPSA) is 38.3 Å². The Labute approximate surface area is 119 Å². The lowest BCUT2D eigenvalue weighted by atomic mass is 10.1. The molecule has 3 nitrogen and oxygen atoms in total. The Morgan fingerprint density at radius 1 is 1.10 bits per heavy atom. The van der Waals surface area contributed by atoms with Crippen LogP contribution in [0.3, 0.4) is 0 Å². The molecule has 0 aliphatic carbocycles. The first-order valence-electron chi connectivity index (χ1n) is 6.58. The Hall–Kier alpha value is -2.29. The Bertz CT molecular complexity index is 620. The quantitative estimate of drug-likeness (QED) is 0.860. The SMILES string of the molecule is COC(=O)c1cc(C)ccc1NCc1cccc(C)c1. The first-order chi connectivity index (χ1) is 9.60. The van der Waals surface area contributed by atoms with Gasteiger partial charge in [-0.1, -0.05) is 41.5 Å². The number of benzene rings is 2. The van der Waals surface area contributed by atoms with Crippen LogP contribution < -0.4 is 5.32 Å². The van der Waals surface area contributed by atoms with Crippen LogP contribution in [0, 0.1) is 13.8 Å². The van der Waals surface area contributed by atoms with Crippen molar-refractivity contribution in [3.63, 3.8) is 0 Å². The molecular formula is C17H19NO2. The van der Waals surface area contributed by atoms with Crippen molar-refractivity contribution < 1.29 is 9.53 Å². The molecule has 0 aliphatic rings.